The molecule has 0 saturated heterocycles. The summed E-state index contributed by atoms with van der Waals surface area (Å²) in [6, 6.07) is 5.56. The van der Waals surface area contributed by atoms with E-state index in [1.54, 1.807) is 0 Å². The topological polar surface area (TPSA) is 47.6 Å². The molecule has 0 fully saturated rings. The van der Waals surface area contributed by atoms with Gasteiger partial charge in [-0.3, -0.25) is 0 Å². The van der Waals surface area contributed by atoms with Crippen LogP contribution in [0.1, 0.15) is 43.4 Å². The van der Waals surface area contributed by atoms with Gasteiger partial charge in [0.05, 0.1) is 21.2 Å². The number of nitrogens with zero attached hydrogens (tertiary/aromatic N) is 2. The smallest absolute Gasteiger partial charge is 0.115 e. The molecule has 0 saturated carbocycles. The fourth-order valence-electron chi connectivity index (χ4n) is 2.00. The van der Waals surface area contributed by atoms with Crippen molar-refractivity contribution in [3.63, 3.8) is 0 Å². The summed E-state index contributed by atoms with van der Waals surface area (Å²) < 4.78 is 0. The van der Waals surface area contributed by atoms with Crippen LogP contribution in [0.3, 0.4) is 0 Å². The van der Waals surface area contributed by atoms with Crippen molar-refractivity contribution in [3.8, 4) is 12.1 Å². The number of rotatable bonds is 3. The first-order valence-corrected chi connectivity index (χ1v) is 6.53. The van der Waals surface area contributed by atoms with Crippen molar-refractivity contribution in [3.05, 3.63) is 32.8 Å². The van der Waals surface area contributed by atoms with Crippen LogP contribution in [0.5, 0.6) is 0 Å². The molecule has 0 heterocycles. The van der Waals surface area contributed by atoms with Gasteiger partial charge in [-0.25, -0.2) is 0 Å². The number of nitriles is 2. The summed E-state index contributed by atoms with van der Waals surface area (Å²) in [5, 5.41) is 18.9. The Hall–Kier alpha value is -1.16. The first-order chi connectivity index (χ1) is 8.45. The Balaban J connectivity index is 3.77. The molecule has 0 aliphatic carbocycles. The Kier molecular flexibility index (Phi) is 4.68. The second-order valence-corrected chi connectivity index (χ2v) is 5.25. The number of hydrogen-bond acceptors (Lipinski definition) is 2. The highest BCUT2D eigenvalue weighted by Crippen LogP contribution is 2.40. The summed E-state index contributed by atoms with van der Waals surface area (Å²) in [4.78, 5) is 0. The van der Waals surface area contributed by atoms with Crippen LogP contribution in [0.25, 0.3) is 0 Å². The molecule has 92 valence electrons. The molecular formula is C13H13BCl2N2. The van der Waals surface area contributed by atoms with Crippen molar-refractivity contribution in [2.75, 3.05) is 0 Å². The first-order valence-electron chi connectivity index (χ1n) is 5.77. The highest BCUT2D eigenvalue weighted by molar-refractivity contribution is 6.43. The van der Waals surface area contributed by atoms with Gasteiger partial charge in [0.25, 0.3) is 0 Å². The van der Waals surface area contributed by atoms with Gasteiger partial charge >= 0.3 is 0 Å². The third-order valence-electron chi connectivity index (χ3n) is 3.62. The van der Waals surface area contributed by atoms with Crippen LogP contribution in [0.2, 0.25) is 10.0 Å². The van der Waals surface area contributed by atoms with Crippen LogP contribution < -0.4 is 0 Å². The lowest BCUT2D eigenvalue weighted by atomic mass is 9.59. The van der Waals surface area contributed by atoms with Crippen LogP contribution in [0.4, 0.5) is 0 Å². The van der Waals surface area contributed by atoms with Crippen LogP contribution in [0.15, 0.2) is 6.07 Å². The highest BCUT2D eigenvalue weighted by atomic mass is 35.5. The molecule has 0 bridgehead atoms. The molecule has 0 aromatic heterocycles. The second kappa shape index (κ2) is 5.66. The van der Waals surface area contributed by atoms with Gasteiger partial charge in [-0.2, -0.15) is 10.5 Å². The Bertz CT molecular complexity index is 552. The Morgan fingerprint density at radius 1 is 1.22 bits per heavy atom. The van der Waals surface area contributed by atoms with Gasteiger partial charge in [0, 0.05) is 0 Å². The van der Waals surface area contributed by atoms with Crippen molar-refractivity contribution >= 4 is 31.0 Å². The maximum Gasteiger partial charge on any atom is 0.115 e. The SMILES string of the molecule is BC(CC)(CC)c1c(Cl)c(Cl)cc(C#N)c1C#N. The van der Waals surface area contributed by atoms with Crippen LogP contribution in [0, 0.1) is 22.7 Å². The largest absolute Gasteiger partial charge is 0.192 e. The lowest BCUT2D eigenvalue weighted by Crippen LogP contribution is -2.27. The Morgan fingerprint density at radius 3 is 2.17 bits per heavy atom. The molecule has 1 aromatic carbocycles. The molecule has 0 unspecified atom stereocenters. The standard InChI is InChI=1S/C13H13BCl2N2/c1-3-13(14,4-2)11-9(7-18)8(6-17)5-10(15)12(11)16/h5H,3-4,14H2,1-2H3. The average molecular weight is 279 g/mol. The molecule has 0 aliphatic rings. The summed E-state index contributed by atoms with van der Waals surface area (Å²) >= 11 is 12.3. The van der Waals surface area contributed by atoms with Gasteiger partial charge in [0.2, 0.25) is 0 Å². The van der Waals surface area contributed by atoms with E-state index in [2.05, 4.69) is 6.07 Å². The molecule has 1 aromatic rings. The molecule has 1 rings (SSSR count). The van der Waals surface area contributed by atoms with E-state index in [-0.39, 0.29) is 10.9 Å². The Morgan fingerprint density at radius 2 is 1.78 bits per heavy atom. The first kappa shape index (κ1) is 14.9. The van der Waals surface area contributed by atoms with E-state index in [1.807, 2.05) is 27.8 Å². The fourth-order valence-corrected chi connectivity index (χ4v) is 2.58. The predicted octanol–water partition coefficient (Wildman–Crippen LogP) is 3.39. The highest BCUT2D eigenvalue weighted by Gasteiger charge is 2.30. The zero-order valence-electron chi connectivity index (χ0n) is 10.6. The molecule has 18 heavy (non-hydrogen) atoms. The molecule has 5 heteroatoms. The summed E-state index contributed by atoms with van der Waals surface area (Å²) in [5.41, 5.74) is 1.33. The molecule has 0 atom stereocenters. The molecule has 0 aliphatic heterocycles. The summed E-state index contributed by atoms with van der Waals surface area (Å²) in [5.74, 6) is 0. The van der Waals surface area contributed by atoms with Crippen molar-refractivity contribution in [1.29, 1.82) is 10.5 Å². The minimum absolute atomic E-state index is 0.251. The maximum absolute atomic E-state index is 9.30. The molecule has 2 nitrogen and oxygen atoms in total. The number of halogens is 2. The van der Waals surface area contributed by atoms with E-state index >= 15 is 0 Å². The van der Waals surface area contributed by atoms with Gasteiger partial charge in [-0.05, 0) is 16.9 Å². The minimum Gasteiger partial charge on any atom is -0.192 e. The van der Waals surface area contributed by atoms with E-state index in [1.165, 1.54) is 6.07 Å². The minimum atomic E-state index is -0.251. The lowest BCUT2D eigenvalue weighted by molar-refractivity contribution is 0.564. The van der Waals surface area contributed by atoms with E-state index < -0.39 is 0 Å². The third-order valence-corrected chi connectivity index (χ3v) is 4.40. The van der Waals surface area contributed by atoms with Crippen molar-refractivity contribution in [2.24, 2.45) is 0 Å². The van der Waals surface area contributed by atoms with E-state index in [9.17, 15) is 5.26 Å². The summed E-state index contributed by atoms with van der Waals surface area (Å²) in [6.45, 7) is 4.07. The zero-order valence-corrected chi connectivity index (χ0v) is 12.2. The van der Waals surface area contributed by atoms with Crippen molar-refractivity contribution in [1.82, 2.24) is 0 Å². The van der Waals surface area contributed by atoms with Gasteiger partial charge < -0.3 is 0 Å². The lowest BCUT2D eigenvalue weighted by Gasteiger charge is -2.30. The number of hydrogen-bond donors (Lipinski definition) is 0. The van der Waals surface area contributed by atoms with Crippen molar-refractivity contribution in [2.45, 2.75) is 32.0 Å². The van der Waals surface area contributed by atoms with Gasteiger partial charge in [-0.15, -0.1) is 0 Å². The molecule has 0 amide bonds. The monoisotopic (exact) mass is 278 g/mol. The van der Waals surface area contributed by atoms with Gasteiger partial charge in [0.15, 0.2) is 0 Å². The van der Waals surface area contributed by atoms with Crippen LogP contribution >= 0.6 is 23.2 Å². The van der Waals surface area contributed by atoms with Gasteiger partial charge in [-0.1, -0.05) is 49.9 Å². The van der Waals surface area contributed by atoms with E-state index in [0.717, 1.165) is 12.8 Å². The molecule has 0 spiro atoms. The van der Waals surface area contributed by atoms with Crippen LogP contribution in [-0.4, -0.2) is 7.85 Å². The maximum atomic E-state index is 9.30. The zero-order chi connectivity index (χ0) is 13.9. The van der Waals surface area contributed by atoms with E-state index in [0.29, 0.717) is 21.2 Å². The van der Waals surface area contributed by atoms with Crippen molar-refractivity contribution < 1.29 is 0 Å². The molecular weight excluding hydrogens is 266 g/mol. The summed E-state index contributed by atoms with van der Waals surface area (Å²) in [7, 11) is 2.03. The average Bonchev–Trinajstić information content (AvgIpc) is 2.40. The van der Waals surface area contributed by atoms with Crippen LogP contribution in [-0.2, 0) is 5.31 Å². The van der Waals surface area contributed by atoms with Gasteiger partial charge in [0.1, 0.15) is 20.0 Å². The number of benzene rings is 1. The predicted molar refractivity (Wildman–Crippen MR) is 76.7 cm³/mol. The fraction of sp³-hybridized carbons (Fsp3) is 0.385. The Labute approximate surface area is 119 Å². The summed E-state index contributed by atoms with van der Waals surface area (Å²) in [6.07, 6.45) is 1.65. The second-order valence-electron chi connectivity index (χ2n) is 4.46. The third kappa shape index (κ3) is 2.34. The molecule has 0 radical (unpaired) electrons. The quantitative estimate of drug-likeness (QED) is 0.796. The normalized spacial score (nSPS) is 10.8. The van der Waals surface area contributed by atoms with E-state index in [4.69, 9.17) is 28.5 Å². The molecule has 0 N–H and O–H groups in total.